The van der Waals surface area contributed by atoms with E-state index in [4.69, 9.17) is 0 Å². The molecule has 0 amide bonds. The summed E-state index contributed by atoms with van der Waals surface area (Å²) in [5.41, 5.74) is 2.70. The first-order chi connectivity index (χ1) is 6.29. The molecular formula is C8H10N4S. The predicted octanol–water partition coefficient (Wildman–Crippen LogP) is 1.98. The van der Waals surface area contributed by atoms with Gasteiger partial charge in [-0.15, -0.1) is 21.5 Å². The first-order valence-corrected chi connectivity index (χ1v) is 5.01. The molecule has 0 aliphatic heterocycles. The number of hydrogen-bond acceptors (Lipinski definition) is 4. The third kappa shape index (κ3) is 1.47. The van der Waals surface area contributed by atoms with Crippen molar-refractivity contribution in [2.45, 2.75) is 19.9 Å². The molecule has 0 spiro atoms. The second-order valence-corrected chi connectivity index (χ2v) is 3.75. The Hall–Kier alpha value is -1.23. The number of rotatable bonds is 2. The fourth-order valence-corrected chi connectivity index (χ4v) is 1.66. The summed E-state index contributed by atoms with van der Waals surface area (Å²) in [6.07, 6.45) is 1.74. The molecule has 68 valence electrons. The van der Waals surface area contributed by atoms with Crippen LogP contribution < -0.4 is 0 Å². The molecule has 0 bridgehead atoms. The zero-order chi connectivity index (χ0) is 9.26. The SMILES string of the molecule is CC(C)n1cnnc1-c1cscn1. The lowest BCUT2D eigenvalue weighted by molar-refractivity contribution is 0.603. The van der Waals surface area contributed by atoms with Gasteiger partial charge in [-0.3, -0.25) is 0 Å². The Balaban J connectivity index is 2.46. The van der Waals surface area contributed by atoms with Crippen LogP contribution in [0.4, 0.5) is 0 Å². The molecular weight excluding hydrogens is 184 g/mol. The van der Waals surface area contributed by atoms with E-state index >= 15 is 0 Å². The molecule has 0 atom stereocenters. The number of hydrogen-bond donors (Lipinski definition) is 0. The number of nitrogens with zero attached hydrogens (tertiary/aromatic N) is 4. The Bertz CT molecular complexity index is 377. The molecule has 0 aliphatic rings. The summed E-state index contributed by atoms with van der Waals surface area (Å²) in [5, 5.41) is 9.89. The van der Waals surface area contributed by atoms with E-state index in [1.165, 1.54) is 0 Å². The zero-order valence-corrected chi connectivity index (χ0v) is 8.32. The molecule has 5 heteroatoms. The standard InChI is InChI=1S/C8H10N4S/c1-6(2)12-4-10-11-8(12)7-3-13-5-9-7/h3-6H,1-2H3. The van der Waals surface area contributed by atoms with Crippen molar-refractivity contribution in [2.75, 3.05) is 0 Å². The van der Waals surface area contributed by atoms with Crippen molar-refractivity contribution in [3.05, 3.63) is 17.2 Å². The van der Waals surface area contributed by atoms with Gasteiger partial charge < -0.3 is 4.57 Å². The van der Waals surface area contributed by atoms with Crippen LogP contribution >= 0.6 is 11.3 Å². The summed E-state index contributed by atoms with van der Waals surface area (Å²) < 4.78 is 2.01. The average molecular weight is 194 g/mol. The van der Waals surface area contributed by atoms with Gasteiger partial charge in [0.25, 0.3) is 0 Å². The molecule has 0 aromatic carbocycles. The lowest BCUT2D eigenvalue weighted by Gasteiger charge is -2.07. The van der Waals surface area contributed by atoms with E-state index in [1.807, 2.05) is 9.95 Å². The summed E-state index contributed by atoms with van der Waals surface area (Å²) in [6, 6.07) is 0.367. The van der Waals surface area contributed by atoms with Crippen molar-refractivity contribution in [3.8, 4) is 11.5 Å². The maximum absolute atomic E-state index is 4.20. The molecule has 2 rings (SSSR count). The quantitative estimate of drug-likeness (QED) is 0.734. The lowest BCUT2D eigenvalue weighted by atomic mass is 10.3. The van der Waals surface area contributed by atoms with Gasteiger partial charge in [0.2, 0.25) is 0 Å². The topological polar surface area (TPSA) is 43.6 Å². The van der Waals surface area contributed by atoms with Crippen LogP contribution in [-0.2, 0) is 0 Å². The Kier molecular flexibility index (Phi) is 2.10. The van der Waals surface area contributed by atoms with Gasteiger partial charge in [0, 0.05) is 11.4 Å². The van der Waals surface area contributed by atoms with Crippen LogP contribution in [0.3, 0.4) is 0 Å². The summed E-state index contributed by atoms with van der Waals surface area (Å²) in [5.74, 6) is 0.844. The lowest BCUT2D eigenvalue weighted by Crippen LogP contribution is -2.01. The van der Waals surface area contributed by atoms with E-state index in [0.717, 1.165) is 11.5 Å². The molecule has 0 N–H and O–H groups in total. The number of thiazole rings is 1. The highest BCUT2D eigenvalue weighted by Gasteiger charge is 2.10. The Morgan fingerprint density at radius 3 is 2.92 bits per heavy atom. The normalized spacial score (nSPS) is 11.0. The van der Waals surface area contributed by atoms with Gasteiger partial charge in [0.15, 0.2) is 5.82 Å². The Morgan fingerprint density at radius 2 is 2.31 bits per heavy atom. The minimum atomic E-state index is 0.367. The third-order valence-electron chi connectivity index (χ3n) is 1.79. The highest BCUT2D eigenvalue weighted by molar-refractivity contribution is 7.07. The average Bonchev–Trinajstić information content (AvgIpc) is 2.74. The van der Waals surface area contributed by atoms with Crippen LogP contribution in [0.5, 0.6) is 0 Å². The molecule has 0 saturated heterocycles. The third-order valence-corrected chi connectivity index (χ3v) is 2.38. The van der Waals surface area contributed by atoms with Gasteiger partial charge >= 0.3 is 0 Å². The summed E-state index contributed by atoms with van der Waals surface area (Å²) in [7, 11) is 0. The molecule has 0 fully saturated rings. The fourth-order valence-electron chi connectivity index (χ4n) is 1.13. The van der Waals surface area contributed by atoms with Crippen LogP contribution in [-0.4, -0.2) is 19.7 Å². The monoisotopic (exact) mass is 194 g/mol. The van der Waals surface area contributed by atoms with Crippen molar-refractivity contribution in [1.82, 2.24) is 19.7 Å². The van der Waals surface area contributed by atoms with Gasteiger partial charge in [-0.05, 0) is 13.8 Å². The van der Waals surface area contributed by atoms with Crippen LogP contribution in [0, 0.1) is 0 Å². The fraction of sp³-hybridized carbons (Fsp3) is 0.375. The van der Waals surface area contributed by atoms with Gasteiger partial charge in [0.1, 0.15) is 12.0 Å². The van der Waals surface area contributed by atoms with Gasteiger partial charge in [-0.1, -0.05) is 0 Å². The highest BCUT2D eigenvalue weighted by Crippen LogP contribution is 2.19. The van der Waals surface area contributed by atoms with E-state index in [0.29, 0.717) is 6.04 Å². The van der Waals surface area contributed by atoms with Crippen molar-refractivity contribution >= 4 is 11.3 Å². The summed E-state index contributed by atoms with van der Waals surface area (Å²) in [4.78, 5) is 4.20. The van der Waals surface area contributed by atoms with E-state index in [-0.39, 0.29) is 0 Å². The second kappa shape index (κ2) is 3.26. The molecule has 2 heterocycles. The maximum atomic E-state index is 4.20. The number of aromatic nitrogens is 4. The van der Waals surface area contributed by atoms with Crippen LogP contribution in [0.2, 0.25) is 0 Å². The molecule has 0 saturated carbocycles. The van der Waals surface area contributed by atoms with Crippen molar-refractivity contribution in [3.63, 3.8) is 0 Å². The molecule has 0 aliphatic carbocycles. The van der Waals surface area contributed by atoms with E-state index < -0.39 is 0 Å². The largest absolute Gasteiger partial charge is 0.310 e. The van der Waals surface area contributed by atoms with Gasteiger partial charge in [-0.2, -0.15) is 0 Å². The summed E-state index contributed by atoms with van der Waals surface area (Å²) >= 11 is 1.57. The van der Waals surface area contributed by atoms with Crippen LogP contribution in [0.1, 0.15) is 19.9 Å². The minimum Gasteiger partial charge on any atom is -0.310 e. The van der Waals surface area contributed by atoms with Gasteiger partial charge in [0.05, 0.1) is 5.51 Å². The molecule has 0 radical (unpaired) electrons. The zero-order valence-electron chi connectivity index (χ0n) is 7.51. The van der Waals surface area contributed by atoms with Crippen molar-refractivity contribution in [2.24, 2.45) is 0 Å². The molecule has 13 heavy (non-hydrogen) atoms. The predicted molar refractivity (Wildman–Crippen MR) is 51.5 cm³/mol. The van der Waals surface area contributed by atoms with E-state index in [9.17, 15) is 0 Å². The maximum Gasteiger partial charge on any atom is 0.183 e. The minimum absolute atomic E-state index is 0.367. The first kappa shape index (κ1) is 8.37. The first-order valence-electron chi connectivity index (χ1n) is 4.07. The van der Waals surface area contributed by atoms with E-state index in [1.54, 1.807) is 23.2 Å². The molecule has 2 aromatic heterocycles. The second-order valence-electron chi connectivity index (χ2n) is 3.03. The molecule has 0 unspecified atom stereocenters. The van der Waals surface area contributed by atoms with Crippen molar-refractivity contribution < 1.29 is 0 Å². The molecule has 4 nitrogen and oxygen atoms in total. The molecule has 2 aromatic rings. The highest BCUT2D eigenvalue weighted by atomic mass is 32.1. The smallest absolute Gasteiger partial charge is 0.183 e. The van der Waals surface area contributed by atoms with Crippen LogP contribution in [0.15, 0.2) is 17.2 Å². The summed E-state index contributed by atoms with van der Waals surface area (Å²) in [6.45, 7) is 4.19. The Labute approximate surface area is 80.3 Å². The van der Waals surface area contributed by atoms with E-state index in [2.05, 4.69) is 29.0 Å². The van der Waals surface area contributed by atoms with Crippen molar-refractivity contribution in [1.29, 1.82) is 0 Å². The Morgan fingerprint density at radius 1 is 1.46 bits per heavy atom. The van der Waals surface area contributed by atoms with Crippen LogP contribution in [0.25, 0.3) is 11.5 Å². The van der Waals surface area contributed by atoms with Gasteiger partial charge in [-0.25, -0.2) is 4.98 Å².